The molecule has 0 aromatic heterocycles. The topological polar surface area (TPSA) is 72.4 Å². The van der Waals surface area contributed by atoms with Gasteiger partial charge in [0, 0.05) is 28.3 Å². The number of non-ortho nitro benzene ring substituents is 1. The molecule has 1 saturated carbocycles. The van der Waals surface area contributed by atoms with Crippen LogP contribution in [-0.2, 0) is 0 Å². The van der Waals surface area contributed by atoms with Gasteiger partial charge in [-0.1, -0.05) is 6.42 Å². The Bertz CT molecular complexity index is 495. The van der Waals surface area contributed by atoms with Gasteiger partial charge in [-0.3, -0.25) is 10.1 Å². The van der Waals surface area contributed by atoms with Crippen LogP contribution in [0.25, 0.3) is 0 Å². The number of nitrogens with two attached hydrogens (primary N) is 1. The van der Waals surface area contributed by atoms with Gasteiger partial charge in [-0.15, -0.1) is 0 Å². The predicted octanol–water partition coefficient (Wildman–Crippen LogP) is 3.15. The van der Waals surface area contributed by atoms with E-state index in [9.17, 15) is 10.1 Å². The summed E-state index contributed by atoms with van der Waals surface area (Å²) in [6, 6.07) is 5.56. The average molecular weight is 389 g/mol. The molecular weight excluding hydrogens is 369 g/mol. The minimum atomic E-state index is -0.347. The summed E-state index contributed by atoms with van der Waals surface area (Å²) in [4.78, 5) is 12.8. The molecule has 0 spiro atoms. The molecule has 6 heteroatoms. The lowest BCUT2D eigenvalue weighted by molar-refractivity contribution is -0.384. The van der Waals surface area contributed by atoms with Gasteiger partial charge < -0.3 is 10.6 Å². The van der Waals surface area contributed by atoms with Crippen molar-refractivity contribution in [2.45, 2.75) is 32.2 Å². The maximum atomic E-state index is 10.8. The molecule has 2 N–H and O–H groups in total. The van der Waals surface area contributed by atoms with Crippen molar-refractivity contribution in [3.63, 3.8) is 0 Å². The Labute approximate surface area is 132 Å². The van der Waals surface area contributed by atoms with Crippen LogP contribution in [0.15, 0.2) is 18.2 Å². The first-order valence-corrected chi connectivity index (χ1v) is 8.07. The van der Waals surface area contributed by atoms with E-state index in [2.05, 4.69) is 34.4 Å². The standard InChI is InChI=1S/C14H20IN3O2/c1-2-17(13-5-3-4-10(13)9-16)14-7-6-11(18(19)20)8-12(14)15/h6-8,10,13H,2-5,9,16H2,1H3. The quantitative estimate of drug-likeness (QED) is 0.477. The van der Waals surface area contributed by atoms with Gasteiger partial charge in [0.2, 0.25) is 0 Å². The zero-order valence-corrected chi connectivity index (χ0v) is 13.7. The van der Waals surface area contributed by atoms with Crippen LogP contribution in [0.2, 0.25) is 0 Å². The van der Waals surface area contributed by atoms with Gasteiger partial charge in [-0.2, -0.15) is 0 Å². The first kappa shape index (κ1) is 15.5. The maximum absolute atomic E-state index is 10.8. The zero-order chi connectivity index (χ0) is 14.7. The van der Waals surface area contributed by atoms with Gasteiger partial charge in [0.05, 0.1) is 10.6 Å². The summed E-state index contributed by atoms with van der Waals surface area (Å²) in [5.41, 5.74) is 7.11. The highest BCUT2D eigenvalue weighted by Crippen LogP contribution is 2.35. The Kier molecular flexibility index (Phi) is 5.20. The minimum Gasteiger partial charge on any atom is -0.368 e. The van der Waals surface area contributed by atoms with Crippen molar-refractivity contribution in [3.05, 3.63) is 31.9 Å². The summed E-state index contributed by atoms with van der Waals surface area (Å²) in [6.07, 6.45) is 3.55. The molecule has 0 heterocycles. The molecule has 1 aliphatic carbocycles. The molecule has 0 bridgehead atoms. The van der Waals surface area contributed by atoms with Gasteiger partial charge >= 0.3 is 0 Å². The summed E-state index contributed by atoms with van der Waals surface area (Å²) >= 11 is 2.19. The molecule has 1 aromatic rings. The molecule has 0 aliphatic heterocycles. The van der Waals surface area contributed by atoms with E-state index in [0.717, 1.165) is 22.2 Å². The maximum Gasteiger partial charge on any atom is 0.270 e. The third-order valence-corrected chi connectivity index (χ3v) is 4.98. The van der Waals surface area contributed by atoms with E-state index in [1.165, 1.54) is 12.8 Å². The van der Waals surface area contributed by atoms with E-state index in [4.69, 9.17) is 5.73 Å². The van der Waals surface area contributed by atoms with Gasteiger partial charge in [0.25, 0.3) is 5.69 Å². The Morgan fingerprint density at radius 3 is 2.80 bits per heavy atom. The van der Waals surface area contributed by atoms with Crippen LogP contribution in [0.4, 0.5) is 11.4 Å². The lowest BCUT2D eigenvalue weighted by Crippen LogP contribution is -2.40. The SMILES string of the molecule is CCN(c1ccc([N+](=O)[O-])cc1I)C1CCCC1CN. The molecule has 0 saturated heterocycles. The van der Waals surface area contributed by atoms with Crippen LogP contribution in [0, 0.1) is 19.6 Å². The fourth-order valence-electron chi connectivity index (χ4n) is 3.13. The number of hydrogen-bond donors (Lipinski definition) is 1. The van der Waals surface area contributed by atoms with Crippen LogP contribution in [0.3, 0.4) is 0 Å². The number of nitro benzene ring substituents is 1. The molecule has 0 radical (unpaired) electrons. The summed E-state index contributed by atoms with van der Waals surface area (Å²) in [5, 5.41) is 10.8. The van der Waals surface area contributed by atoms with E-state index in [0.29, 0.717) is 18.5 Å². The Balaban J connectivity index is 2.30. The lowest BCUT2D eigenvalue weighted by atomic mass is 10.0. The highest BCUT2D eigenvalue weighted by atomic mass is 127. The number of rotatable bonds is 5. The smallest absolute Gasteiger partial charge is 0.270 e. The fourth-order valence-corrected chi connectivity index (χ4v) is 3.94. The molecule has 1 aliphatic rings. The molecule has 110 valence electrons. The molecular formula is C14H20IN3O2. The third-order valence-electron chi connectivity index (χ3n) is 4.11. The highest BCUT2D eigenvalue weighted by Gasteiger charge is 2.31. The molecule has 20 heavy (non-hydrogen) atoms. The summed E-state index contributed by atoms with van der Waals surface area (Å²) in [5.74, 6) is 0.529. The molecule has 2 atom stereocenters. The van der Waals surface area contributed by atoms with Crippen molar-refractivity contribution in [2.24, 2.45) is 11.7 Å². The zero-order valence-electron chi connectivity index (χ0n) is 11.6. The second-order valence-electron chi connectivity index (χ2n) is 5.17. The van der Waals surface area contributed by atoms with Crippen molar-refractivity contribution in [1.82, 2.24) is 0 Å². The number of halogens is 1. The van der Waals surface area contributed by atoms with E-state index in [1.54, 1.807) is 12.1 Å². The van der Waals surface area contributed by atoms with Crippen LogP contribution >= 0.6 is 22.6 Å². The van der Waals surface area contributed by atoms with Crippen LogP contribution in [0.5, 0.6) is 0 Å². The van der Waals surface area contributed by atoms with Gasteiger partial charge in [0.1, 0.15) is 0 Å². The Morgan fingerprint density at radius 1 is 1.50 bits per heavy atom. The summed E-state index contributed by atoms with van der Waals surface area (Å²) < 4.78 is 0.932. The monoisotopic (exact) mass is 389 g/mol. The minimum absolute atomic E-state index is 0.149. The number of nitrogens with zero attached hydrogens (tertiary/aromatic N) is 2. The van der Waals surface area contributed by atoms with E-state index < -0.39 is 0 Å². The second kappa shape index (κ2) is 6.71. The Hall–Kier alpha value is -0.890. The summed E-state index contributed by atoms with van der Waals surface area (Å²) in [6.45, 7) is 3.74. The Morgan fingerprint density at radius 2 is 2.25 bits per heavy atom. The van der Waals surface area contributed by atoms with Gasteiger partial charge in [0.15, 0.2) is 0 Å². The summed E-state index contributed by atoms with van der Waals surface area (Å²) in [7, 11) is 0. The van der Waals surface area contributed by atoms with E-state index in [-0.39, 0.29) is 10.6 Å². The van der Waals surface area contributed by atoms with Gasteiger partial charge in [-0.05, 0) is 60.9 Å². The van der Waals surface area contributed by atoms with Crippen LogP contribution in [-0.4, -0.2) is 24.1 Å². The largest absolute Gasteiger partial charge is 0.368 e. The molecule has 5 nitrogen and oxygen atoms in total. The third kappa shape index (κ3) is 3.06. The van der Waals surface area contributed by atoms with E-state index in [1.807, 2.05) is 6.07 Å². The first-order chi connectivity index (χ1) is 9.58. The van der Waals surface area contributed by atoms with Crippen molar-refractivity contribution in [3.8, 4) is 0 Å². The van der Waals surface area contributed by atoms with Crippen LogP contribution < -0.4 is 10.6 Å². The fraction of sp³-hybridized carbons (Fsp3) is 0.571. The molecule has 0 amide bonds. The van der Waals surface area contributed by atoms with Crippen molar-refractivity contribution < 1.29 is 4.92 Å². The first-order valence-electron chi connectivity index (χ1n) is 6.99. The van der Waals surface area contributed by atoms with Crippen LogP contribution in [0.1, 0.15) is 26.2 Å². The molecule has 2 rings (SSSR count). The van der Waals surface area contributed by atoms with E-state index >= 15 is 0 Å². The predicted molar refractivity (Wildman–Crippen MR) is 89.0 cm³/mol. The van der Waals surface area contributed by atoms with Crippen molar-refractivity contribution in [1.29, 1.82) is 0 Å². The number of anilines is 1. The number of hydrogen-bond acceptors (Lipinski definition) is 4. The molecule has 1 aromatic carbocycles. The van der Waals surface area contributed by atoms with Crippen molar-refractivity contribution >= 4 is 34.0 Å². The number of nitro groups is 1. The second-order valence-corrected chi connectivity index (χ2v) is 6.34. The molecule has 1 fully saturated rings. The van der Waals surface area contributed by atoms with Crippen molar-refractivity contribution in [2.75, 3.05) is 18.0 Å². The molecule has 2 unspecified atom stereocenters. The lowest BCUT2D eigenvalue weighted by Gasteiger charge is -2.34. The normalized spacial score (nSPS) is 21.9. The highest BCUT2D eigenvalue weighted by molar-refractivity contribution is 14.1. The number of benzene rings is 1. The van der Waals surface area contributed by atoms with Gasteiger partial charge in [-0.25, -0.2) is 0 Å². The average Bonchev–Trinajstić information content (AvgIpc) is 2.89.